The zero-order chi connectivity index (χ0) is 19.8. The standard InChI is InChI=1S/C21H27NO5/c1-6-27-18-10-8-16(14-20(18)26-5)21(23)22(2)12-11-15-7-9-17(24-3)19(13-15)25-4/h7-10,13-14H,6,11-12H2,1-5H3. The number of hydrogen-bond donors (Lipinski definition) is 0. The van der Waals surface area contributed by atoms with Gasteiger partial charge in [-0.2, -0.15) is 0 Å². The lowest BCUT2D eigenvalue weighted by atomic mass is 10.1. The van der Waals surface area contributed by atoms with E-state index in [9.17, 15) is 4.79 Å². The van der Waals surface area contributed by atoms with Gasteiger partial charge in [0.2, 0.25) is 0 Å². The van der Waals surface area contributed by atoms with E-state index >= 15 is 0 Å². The van der Waals surface area contributed by atoms with Crippen molar-refractivity contribution in [3.63, 3.8) is 0 Å². The van der Waals surface area contributed by atoms with Gasteiger partial charge in [0, 0.05) is 19.2 Å². The van der Waals surface area contributed by atoms with E-state index in [0.29, 0.717) is 48.1 Å². The molecule has 0 fully saturated rings. The van der Waals surface area contributed by atoms with Gasteiger partial charge < -0.3 is 23.8 Å². The number of amides is 1. The lowest BCUT2D eigenvalue weighted by Crippen LogP contribution is -2.28. The van der Waals surface area contributed by atoms with E-state index in [4.69, 9.17) is 18.9 Å². The molecule has 2 aromatic rings. The Labute approximate surface area is 160 Å². The fraction of sp³-hybridized carbons (Fsp3) is 0.381. The second-order valence-electron chi connectivity index (χ2n) is 5.96. The second-order valence-corrected chi connectivity index (χ2v) is 5.96. The first-order valence-electron chi connectivity index (χ1n) is 8.81. The van der Waals surface area contributed by atoms with Gasteiger partial charge in [-0.25, -0.2) is 0 Å². The van der Waals surface area contributed by atoms with Crippen LogP contribution in [0.25, 0.3) is 0 Å². The van der Waals surface area contributed by atoms with Gasteiger partial charge in [-0.3, -0.25) is 4.79 Å². The molecule has 0 heterocycles. The number of methoxy groups -OCH3 is 3. The Kier molecular flexibility index (Phi) is 7.34. The summed E-state index contributed by atoms with van der Waals surface area (Å²) >= 11 is 0. The average Bonchev–Trinajstić information content (AvgIpc) is 2.71. The lowest BCUT2D eigenvalue weighted by Gasteiger charge is -2.19. The minimum Gasteiger partial charge on any atom is -0.493 e. The number of hydrogen-bond acceptors (Lipinski definition) is 5. The fourth-order valence-electron chi connectivity index (χ4n) is 2.73. The van der Waals surface area contributed by atoms with Crippen LogP contribution in [0.15, 0.2) is 36.4 Å². The molecular formula is C21H27NO5. The largest absolute Gasteiger partial charge is 0.493 e. The van der Waals surface area contributed by atoms with E-state index < -0.39 is 0 Å². The number of carbonyl (C=O) groups excluding carboxylic acids is 1. The fourth-order valence-corrected chi connectivity index (χ4v) is 2.73. The molecule has 0 aromatic heterocycles. The van der Waals surface area contributed by atoms with Crippen molar-refractivity contribution in [3.05, 3.63) is 47.5 Å². The van der Waals surface area contributed by atoms with Crippen molar-refractivity contribution in [3.8, 4) is 23.0 Å². The summed E-state index contributed by atoms with van der Waals surface area (Å²) in [7, 11) is 6.56. The Morgan fingerprint density at radius 2 is 1.52 bits per heavy atom. The molecule has 1 amide bonds. The molecule has 0 radical (unpaired) electrons. The summed E-state index contributed by atoms with van der Waals surface area (Å²) < 4.78 is 21.4. The van der Waals surface area contributed by atoms with Crippen molar-refractivity contribution < 1.29 is 23.7 Å². The predicted molar refractivity (Wildman–Crippen MR) is 104 cm³/mol. The molecule has 0 unspecified atom stereocenters. The molecule has 6 nitrogen and oxygen atoms in total. The van der Waals surface area contributed by atoms with Crippen LogP contribution in [0.1, 0.15) is 22.8 Å². The number of rotatable bonds is 9. The van der Waals surface area contributed by atoms with Gasteiger partial charge in [-0.05, 0) is 49.2 Å². The maximum atomic E-state index is 12.7. The van der Waals surface area contributed by atoms with Crippen LogP contribution in [0.2, 0.25) is 0 Å². The third-order valence-electron chi connectivity index (χ3n) is 4.24. The van der Waals surface area contributed by atoms with Crippen molar-refractivity contribution in [1.82, 2.24) is 4.90 Å². The first kappa shape index (κ1) is 20.4. The van der Waals surface area contributed by atoms with Gasteiger partial charge in [-0.1, -0.05) is 6.07 Å². The molecule has 0 aliphatic heterocycles. The van der Waals surface area contributed by atoms with Crippen molar-refractivity contribution >= 4 is 5.91 Å². The normalized spacial score (nSPS) is 10.3. The zero-order valence-corrected chi connectivity index (χ0v) is 16.6. The Hall–Kier alpha value is -2.89. The van der Waals surface area contributed by atoms with Gasteiger partial charge in [0.25, 0.3) is 5.91 Å². The number of ether oxygens (including phenoxy) is 4. The topological polar surface area (TPSA) is 57.2 Å². The first-order valence-corrected chi connectivity index (χ1v) is 8.81. The van der Waals surface area contributed by atoms with Crippen LogP contribution in [0.5, 0.6) is 23.0 Å². The smallest absolute Gasteiger partial charge is 0.253 e. The van der Waals surface area contributed by atoms with Crippen LogP contribution in [-0.4, -0.2) is 52.3 Å². The summed E-state index contributed by atoms with van der Waals surface area (Å²) in [6.45, 7) is 3.01. The highest BCUT2D eigenvalue weighted by molar-refractivity contribution is 5.94. The Balaban J connectivity index is 2.05. The third kappa shape index (κ3) is 5.06. The van der Waals surface area contributed by atoms with Crippen molar-refractivity contribution in [2.45, 2.75) is 13.3 Å². The second kappa shape index (κ2) is 9.71. The van der Waals surface area contributed by atoms with Gasteiger partial charge in [-0.15, -0.1) is 0 Å². The SMILES string of the molecule is CCOc1ccc(C(=O)N(C)CCc2ccc(OC)c(OC)c2)cc1OC. The molecule has 27 heavy (non-hydrogen) atoms. The summed E-state index contributed by atoms with van der Waals surface area (Å²) in [5.41, 5.74) is 1.63. The third-order valence-corrected chi connectivity index (χ3v) is 4.24. The maximum Gasteiger partial charge on any atom is 0.253 e. The molecule has 2 rings (SSSR count). The van der Waals surface area contributed by atoms with Gasteiger partial charge >= 0.3 is 0 Å². The lowest BCUT2D eigenvalue weighted by molar-refractivity contribution is 0.0796. The molecule has 6 heteroatoms. The van der Waals surface area contributed by atoms with Crippen LogP contribution >= 0.6 is 0 Å². The number of benzene rings is 2. The first-order chi connectivity index (χ1) is 13.0. The molecular weight excluding hydrogens is 346 g/mol. The van der Waals surface area contributed by atoms with E-state index in [0.717, 1.165) is 5.56 Å². The van der Waals surface area contributed by atoms with Gasteiger partial charge in [0.05, 0.1) is 27.9 Å². The van der Waals surface area contributed by atoms with E-state index in [1.54, 1.807) is 51.5 Å². The molecule has 0 saturated heterocycles. The summed E-state index contributed by atoms with van der Waals surface area (Å²) in [6.07, 6.45) is 0.705. The Morgan fingerprint density at radius 1 is 0.889 bits per heavy atom. The van der Waals surface area contributed by atoms with Crippen LogP contribution in [0.3, 0.4) is 0 Å². The molecule has 0 N–H and O–H groups in total. The molecule has 2 aromatic carbocycles. The highest BCUT2D eigenvalue weighted by atomic mass is 16.5. The summed E-state index contributed by atoms with van der Waals surface area (Å²) in [4.78, 5) is 14.4. The number of nitrogens with zero attached hydrogens (tertiary/aromatic N) is 1. The molecule has 0 bridgehead atoms. The van der Waals surface area contributed by atoms with E-state index in [2.05, 4.69) is 0 Å². The van der Waals surface area contributed by atoms with E-state index in [-0.39, 0.29) is 5.91 Å². The minimum atomic E-state index is -0.0724. The van der Waals surface area contributed by atoms with Gasteiger partial charge in [0.1, 0.15) is 0 Å². The molecule has 0 spiro atoms. The molecule has 146 valence electrons. The highest BCUT2D eigenvalue weighted by Crippen LogP contribution is 2.29. The Bertz CT molecular complexity index is 775. The zero-order valence-electron chi connectivity index (χ0n) is 16.6. The minimum absolute atomic E-state index is 0.0724. The van der Waals surface area contributed by atoms with Crippen LogP contribution in [0.4, 0.5) is 0 Å². The monoisotopic (exact) mass is 373 g/mol. The Morgan fingerprint density at radius 3 is 2.15 bits per heavy atom. The van der Waals surface area contributed by atoms with E-state index in [1.807, 2.05) is 25.1 Å². The van der Waals surface area contributed by atoms with Crippen molar-refractivity contribution in [2.75, 3.05) is 41.5 Å². The highest BCUT2D eigenvalue weighted by Gasteiger charge is 2.15. The molecule has 0 aliphatic rings. The quantitative estimate of drug-likeness (QED) is 0.674. The average molecular weight is 373 g/mol. The summed E-state index contributed by atoms with van der Waals surface area (Å²) in [6, 6.07) is 11.0. The number of likely N-dealkylation sites (N-methyl/N-ethyl adjacent to an activating group) is 1. The summed E-state index contributed by atoms with van der Waals surface area (Å²) in [5.74, 6) is 2.48. The van der Waals surface area contributed by atoms with Crippen LogP contribution in [0, 0.1) is 0 Å². The maximum absolute atomic E-state index is 12.7. The van der Waals surface area contributed by atoms with Crippen molar-refractivity contribution in [1.29, 1.82) is 0 Å². The van der Waals surface area contributed by atoms with Crippen LogP contribution in [-0.2, 0) is 6.42 Å². The van der Waals surface area contributed by atoms with Gasteiger partial charge in [0.15, 0.2) is 23.0 Å². The molecule has 0 atom stereocenters. The van der Waals surface area contributed by atoms with Crippen molar-refractivity contribution in [2.24, 2.45) is 0 Å². The van der Waals surface area contributed by atoms with E-state index in [1.165, 1.54) is 0 Å². The molecule has 0 saturated carbocycles. The molecule has 0 aliphatic carbocycles. The van der Waals surface area contributed by atoms with Crippen LogP contribution < -0.4 is 18.9 Å². The number of carbonyl (C=O) groups is 1. The summed E-state index contributed by atoms with van der Waals surface area (Å²) in [5, 5.41) is 0. The predicted octanol–water partition coefficient (Wildman–Crippen LogP) is 3.43.